The van der Waals surface area contributed by atoms with Crippen molar-refractivity contribution in [2.75, 3.05) is 31.6 Å². The van der Waals surface area contributed by atoms with E-state index < -0.39 is 40.6 Å². The first-order valence-electron chi connectivity index (χ1n) is 21.1. The van der Waals surface area contributed by atoms with Gasteiger partial charge in [0.25, 0.3) is 0 Å². The third kappa shape index (κ3) is 15.7. The highest BCUT2D eigenvalue weighted by Gasteiger charge is 2.49. The van der Waals surface area contributed by atoms with Crippen molar-refractivity contribution in [1.29, 1.82) is 0 Å². The molecule has 0 aromatic heterocycles. The van der Waals surface area contributed by atoms with Crippen LogP contribution in [0.5, 0.6) is 0 Å². The van der Waals surface area contributed by atoms with Crippen LogP contribution in [0.25, 0.3) is 0 Å². The first kappa shape index (κ1) is 47.3. The number of sulfonamides is 1. The highest BCUT2D eigenvalue weighted by Crippen LogP contribution is 2.36. The summed E-state index contributed by atoms with van der Waals surface area (Å²) in [6.07, 6.45) is 25.8. The summed E-state index contributed by atoms with van der Waals surface area (Å²) in [4.78, 5) is 26.9. The molecular formula is C47H65N3O8S. The number of aliphatic hydroxyl groups excluding tert-OH is 1. The maximum Gasteiger partial charge on any atom is 0.407 e. The topological polar surface area (TPSA) is 146 Å². The third-order valence-electron chi connectivity index (χ3n) is 10.3. The van der Waals surface area contributed by atoms with Crippen LogP contribution in [0, 0.1) is 11.8 Å². The number of ether oxygens (including phenoxy) is 2. The van der Waals surface area contributed by atoms with E-state index in [4.69, 9.17) is 9.47 Å². The Morgan fingerprint density at radius 2 is 1.46 bits per heavy atom. The van der Waals surface area contributed by atoms with Crippen molar-refractivity contribution < 1.29 is 37.7 Å². The lowest BCUT2D eigenvalue weighted by Gasteiger charge is -2.39. The molecule has 322 valence electrons. The Hall–Kier alpha value is -4.33. The van der Waals surface area contributed by atoms with Gasteiger partial charge in [-0.05, 0) is 93.5 Å². The van der Waals surface area contributed by atoms with Gasteiger partial charge in [-0.15, -0.1) is 0 Å². The van der Waals surface area contributed by atoms with Crippen LogP contribution in [0.2, 0.25) is 0 Å². The van der Waals surface area contributed by atoms with Crippen molar-refractivity contribution in [3.63, 3.8) is 0 Å². The number of benzene rings is 2. The fourth-order valence-corrected chi connectivity index (χ4v) is 9.00. The number of fused-ring (bicyclic) bond motifs is 1. The van der Waals surface area contributed by atoms with Crippen LogP contribution in [0.4, 0.5) is 10.5 Å². The van der Waals surface area contributed by atoms with Crippen LogP contribution in [-0.4, -0.2) is 90.6 Å². The number of amides is 2. The molecule has 4 rings (SSSR count). The maximum absolute atomic E-state index is 14.2. The van der Waals surface area contributed by atoms with E-state index in [0.29, 0.717) is 31.6 Å². The number of carbonyl (C=O) groups excluding carboxylic acids is 1. The number of anilines is 1. The van der Waals surface area contributed by atoms with E-state index in [0.717, 1.165) is 44.1 Å². The summed E-state index contributed by atoms with van der Waals surface area (Å²) in [6.45, 7) is 6.27. The minimum absolute atomic E-state index is 0.00609. The Morgan fingerprint density at radius 3 is 2.05 bits per heavy atom. The zero-order valence-electron chi connectivity index (χ0n) is 35.0. The summed E-state index contributed by atoms with van der Waals surface area (Å²) in [5.74, 6) is -0.434. The van der Waals surface area contributed by atoms with Crippen LogP contribution in [0.15, 0.2) is 120 Å². The predicted octanol–water partition coefficient (Wildman–Crippen LogP) is 8.91. The van der Waals surface area contributed by atoms with Gasteiger partial charge in [-0.1, -0.05) is 112 Å². The number of nitrogens with zero attached hydrogens (tertiary/aromatic N) is 2. The predicted molar refractivity (Wildman–Crippen MR) is 234 cm³/mol. The minimum atomic E-state index is -4.13. The molecule has 0 unspecified atom stereocenters. The van der Waals surface area contributed by atoms with Crippen molar-refractivity contribution in [1.82, 2.24) is 9.21 Å². The number of carbonyl (C=O) groups is 2. The zero-order chi connectivity index (χ0) is 42.5. The Kier molecular flexibility index (Phi) is 20.3. The molecule has 2 aliphatic rings. The molecule has 3 N–H and O–H groups in total. The lowest BCUT2D eigenvalue weighted by atomic mass is 9.93. The van der Waals surface area contributed by atoms with E-state index in [1.807, 2.05) is 44.2 Å². The minimum Gasteiger partial charge on any atom is -0.465 e. The molecule has 59 heavy (non-hydrogen) atoms. The fourth-order valence-electron chi connectivity index (χ4n) is 7.37. The average Bonchev–Trinajstić information content (AvgIpc) is 3.84. The molecular weight excluding hydrogens is 767 g/mol. The molecule has 0 bridgehead atoms. The Balaban J connectivity index is 1.30. The van der Waals surface area contributed by atoms with Gasteiger partial charge in [0.2, 0.25) is 15.9 Å². The second kappa shape index (κ2) is 25.3. The van der Waals surface area contributed by atoms with E-state index in [1.165, 1.54) is 21.3 Å². The van der Waals surface area contributed by atoms with Crippen molar-refractivity contribution in [3.05, 3.63) is 121 Å². The highest BCUT2D eigenvalue weighted by molar-refractivity contribution is 7.89. The van der Waals surface area contributed by atoms with E-state index in [9.17, 15) is 28.2 Å². The molecule has 2 aliphatic heterocycles. The van der Waals surface area contributed by atoms with Gasteiger partial charge in [-0.3, -0.25) is 9.69 Å². The molecule has 5 atom stereocenters. The number of hydrogen-bond donors (Lipinski definition) is 3. The molecule has 2 aromatic carbocycles. The molecule has 0 aliphatic carbocycles. The molecule has 0 saturated carbocycles. The third-order valence-corrected chi connectivity index (χ3v) is 12.2. The summed E-state index contributed by atoms with van der Waals surface area (Å²) >= 11 is 0. The van der Waals surface area contributed by atoms with Gasteiger partial charge in [0.1, 0.15) is 0 Å². The molecule has 2 aromatic rings. The van der Waals surface area contributed by atoms with Crippen molar-refractivity contribution >= 4 is 27.7 Å². The zero-order valence-corrected chi connectivity index (χ0v) is 35.8. The molecule has 2 heterocycles. The Morgan fingerprint density at radius 1 is 0.847 bits per heavy atom. The van der Waals surface area contributed by atoms with Crippen LogP contribution < -0.4 is 5.32 Å². The highest BCUT2D eigenvalue weighted by atomic mass is 32.2. The quantitative estimate of drug-likeness (QED) is 0.0665. The SMILES string of the molecule is CCC=CCC=CCC=CCC=CCC=CCCCC(=O)Nc1ccc(S(=O)(=O)N(CC(C)C)C[C@@H](O)[C@H](Cc2ccccc2)N(C(=O)O)[C@H]2CO[C@H]3OCC[C@H]32)cc1. The van der Waals surface area contributed by atoms with Crippen LogP contribution in [0.3, 0.4) is 0 Å². The average molecular weight is 832 g/mol. The molecule has 11 nitrogen and oxygen atoms in total. The normalized spacial score (nSPS) is 19.6. The van der Waals surface area contributed by atoms with Crippen molar-refractivity contribution in [2.45, 2.75) is 114 Å². The van der Waals surface area contributed by atoms with Crippen LogP contribution in [-0.2, 0) is 30.7 Å². The monoisotopic (exact) mass is 831 g/mol. The van der Waals surface area contributed by atoms with E-state index in [2.05, 4.69) is 73.0 Å². The first-order chi connectivity index (χ1) is 28.5. The van der Waals surface area contributed by atoms with Crippen LogP contribution >= 0.6 is 0 Å². The summed E-state index contributed by atoms with van der Waals surface area (Å²) in [5, 5.41) is 25.3. The number of rotatable bonds is 25. The number of allylic oxidation sites excluding steroid dienone is 10. The molecule has 12 heteroatoms. The number of aliphatic hydroxyl groups is 1. The summed E-state index contributed by atoms with van der Waals surface area (Å²) in [6, 6.07) is 13.8. The van der Waals surface area contributed by atoms with E-state index in [-0.39, 0.29) is 48.8 Å². The van der Waals surface area contributed by atoms with Crippen molar-refractivity contribution in [2.24, 2.45) is 11.8 Å². The van der Waals surface area contributed by atoms with Crippen molar-refractivity contribution in [3.8, 4) is 0 Å². The number of nitrogens with one attached hydrogen (secondary N) is 1. The Bertz CT molecular complexity index is 1820. The first-order valence-corrected chi connectivity index (χ1v) is 22.6. The summed E-state index contributed by atoms with van der Waals surface area (Å²) in [5.41, 5.74) is 1.29. The molecule has 2 fully saturated rings. The molecule has 2 saturated heterocycles. The van der Waals surface area contributed by atoms with Crippen LogP contribution in [0.1, 0.15) is 84.1 Å². The lowest BCUT2D eigenvalue weighted by Crippen LogP contribution is -2.57. The number of unbranched alkanes of at least 4 members (excludes halogenated alkanes) is 1. The van der Waals surface area contributed by atoms with Gasteiger partial charge in [-0.2, -0.15) is 4.31 Å². The second-order valence-corrected chi connectivity index (χ2v) is 17.4. The number of hydrogen-bond acceptors (Lipinski definition) is 7. The Labute approximate surface area is 352 Å². The second-order valence-electron chi connectivity index (χ2n) is 15.5. The molecule has 2 amide bonds. The summed E-state index contributed by atoms with van der Waals surface area (Å²) < 4.78 is 41.0. The largest absolute Gasteiger partial charge is 0.465 e. The number of carboxylic acid groups (broad SMARTS) is 1. The van der Waals surface area contributed by atoms with E-state index >= 15 is 0 Å². The van der Waals surface area contributed by atoms with Gasteiger partial charge in [0, 0.05) is 31.1 Å². The van der Waals surface area contributed by atoms with E-state index in [1.54, 1.807) is 12.1 Å². The standard InChI is InChI=1S/C47H65N3O8S/c1-4-5-6-7-8-9-10-11-12-13-14-15-16-17-18-19-23-26-45(52)48-39-27-29-40(30-28-39)59(55,56)49(34-37(2)3)35-44(51)42(33-38-24-21-20-22-25-38)50(47(53)54)43-36-58-46-41(43)31-32-57-46/h5-6,8-9,11-12,14-15,17-18,20-22,24-25,27-30,37,41-44,46,51H,4,7,10,13,16,19,23,26,31-36H2,1-3H3,(H,48,52)(H,53,54)/t41-,42-,43-,44+,46+/m0/s1. The summed E-state index contributed by atoms with van der Waals surface area (Å²) in [7, 11) is -4.13. The molecule has 0 spiro atoms. The smallest absolute Gasteiger partial charge is 0.407 e. The van der Waals surface area contributed by atoms with Gasteiger partial charge in [0.05, 0.1) is 36.3 Å². The fraction of sp³-hybridized carbons (Fsp3) is 0.489. The molecule has 0 radical (unpaired) electrons. The van der Waals surface area contributed by atoms with Gasteiger partial charge < -0.3 is 25.0 Å². The van der Waals surface area contributed by atoms with Gasteiger partial charge >= 0.3 is 6.09 Å². The van der Waals surface area contributed by atoms with Gasteiger partial charge in [0.15, 0.2) is 6.29 Å². The van der Waals surface area contributed by atoms with Gasteiger partial charge in [-0.25, -0.2) is 13.2 Å². The maximum atomic E-state index is 14.2. The lowest BCUT2D eigenvalue weighted by molar-refractivity contribution is -0.116.